The zero-order valence-electron chi connectivity index (χ0n) is 11.6. The molecule has 0 amide bonds. The van der Waals surface area contributed by atoms with Crippen molar-refractivity contribution in [3.05, 3.63) is 0 Å². The van der Waals surface area contributed by atoms with E-state index in [9.17, 15) is 0 Å². The highest BCUT2D eigenvalue weighted by Crippen LogP contribution is 2.26. The average molecular weight is 237 g/mol. The first-order valence-corrected chi connectivity index (χ1v) is 7.00. The van der Waals surface area contributed by atoms with Crippen LogP contribution in [-0.2, 0) is 0 Å². The lowest BCUT2D eigenvalue weighted by atomic mass is 9.86. The monoisotopic (exact) mass is 237 g/mol. The molecule has 0 saturated heterocycles. The summed E-state index contributed by atoms with van der Waals surface area (Å²) in [5.41, 5.74) is 0. The number of nitrogens with zero attached hydrogens (tertiary/aromatic N) is 2. The van der Waals surface area contributed by atoms with Gasteiger partial charge in [0.15, 0.2) is 0 Å². The van der Waals surface area contributed by atoms with Crippen molar-refractivity contribution >= 4 is 0 Å². The van der Waals surface area contributed by atoms with Crippen LogP contribution in [0.3, 0.4) is 0 Å². The number of rotatable bonds is 6. The zero-order chi connectivity index (χ0) is 12.7. The van der Waals surface area contributed by atoms with Gasteiger partial charge in [0.2, 0.25) is 0 Å². The maximum atomic E-state index is 8.99. The van der Waals surface area contributed by atoms with Gasteiger partial charge in [-0.2, -0.15) is 5.26 Å². The van der Waals surface area contributed by atoms with Crippen molar-refractivity contribution in [3.8, 4) is 6.07 Å². The Kier molecular flexibility index (Phi) is 6.54. The first kappa shape index (κ1) is 14.5. The van der Waals surface area contributed by atoms with Gasteiger partial charge in [0.1, 0.15) is 0 Å². The second kappa shape index (κ2) is 7.68. The molecular weight excluding hydrogens is 210 g/mol. The van der Waals surface area contributed by atoms with Crippen LogP contribution in [0, 0.1) is 17.2 Å². The van der Waals surface area contributed by atoms with Gasteiger partial charge in [-0.25, -0.2) is 0 Å². The van der Waals surface area contributed by atoms with Crippen LogP contribution in [0.5, 0.6) is 0 Å². The van der Waals surface area contributed by atoms with Crippen molar-refractivity contribution in [1.29, 1.82) is 5.26 Å². The summed E-state index contributed by atoms with van der Waals surface area (Å²) in [7, 11) is 2.21. The SMILES string of the molecule is CCNC(C#N)CCN(C)C1CCCC(C)C1. The fourth-order valence-electron chi connectivity index (χ4n) is 2.78. The third kappa shape index (κ3) is 5.06. The summed E-state index contributed by atoms with van der Waals surface area (Å²) in [6.45, 7) is 6.32. The molecule has 1 N–H and O–H groups in total. The molecule has 0 aromatic carbocycles. The Morgan fingerprint density at radius 3 is 2.82 bits per heavy atom. The van der Waals surface area contributed by atoms with E-state index in [-0.39, 0.29) is 6.04 Å². The van der Waals surface area contributed by atoms with E-state index < -0.39 is 0 Å². The van der Waals surface area contributed by atoms with Gasteiger partial charge in [0, 0.05) is 12.6 Å². The molecule has 3 unspecified atom stereocenters. The third-order valence-electron chi connectivity index (χ3n) is 3.91. The fraction of sp³-hybridized carbons (Fsp3) is 0.929. The Balaban J connectivity index is 2.28. The lowest BCUT2D eigenvalue weighted by Crippen LogP contribution is -2.39. The Labute approximate surface area is 106 Å². The molecule has 98 valence electrons. The van der Waals surface area contributed by atoms with Crippen molar-refractivity contribution < 1.29 is 0 Å². The second-order valence-corrected chi connectivity index (χ2v) is 5.43. The number of hydrogen-bond acceptors (Lipinski definition) is 3. The minimum atomic E-state index is 0.0171. The molecule has 0 aromatic heterocycles. The minimum absolute atomic E-state index is 0.0171. The highest BCUT2D eigenvalue weighted by molar-refractivity contribution is 4.90. The van der Waals surface area contributed by atoms with Gasteiger partial charge in [-0.15, -0.1) is 0 Å². The zero-order valence-corrected chi connectivity index (χ0v) is 11.6. The van der Waals surface area contributed by atoms with Crippen LogP contribution in [0.25, 0.3) is 0 Å². The largest absolute Gasteiger partial charge is 0.303 e. The molecule has 1 fully saturated rings. The molecule has 1 aliphatic rings. The van der Waals surface area contributed by atoms with Crippen LogP contribution >= 0.6 is 0 Å². The van der Waals surface area contributed by atoms with Crippen LogP contribution < -0.4 is 5.32 Å². The molecule has 0 aliphatic heterocycles. The van der Waals surface area contributed by atoms with E-state index in [0.717, 1.165) is 31.5 Å². The van der Waals surface area contributed by atoms with Crippen LogP contribution in [0.4, 0.5) is 0 Å². The van der Waals surface area contributed by atoms with Gasteiger partial charge >= 0.3 is 0 Å². The number of nitriles is 1. The summed E-state index contributed by atoms with van der Waals surface area (Å²) < 4.78 is 0. The standard InChI is InChI=1S/C14H27N3/c1-4-16-13(11-15)8-9-17(3)14-7-5-6-12(2)10-14/h12-14,16H,4-10H2,1-3H3. The van der Waals surface area contributed by atoms with Crippen LogP contribution in [-0.4, -0.2) is 37.1 Å². The molecule has 3 atom stereocenters. The summed E-state index contributed by atoms with van der Waals surface area (Å²) >= 11 is 0. The summed E-state index contributed by atoms with van der Waals surface area (Å²) in [5.74, 6) is 0.872. The van der Waals surface area contributed by atoms with Gasteiger partial charge < -0.3 is 10.2 Å². The summed E-state index contributed by atoms with van der Waals surface area (Å²) in [5, 5.41) is 12.2. The van der Waals surface area contributed by atoms with E-state index >= 15 is 0 Å². The molecule has 0 bridgehead atoms. The lowest BCUT2D eigenvalue weighted by Gasteiger charge is -2.34. The second-order valence-electron chi connectivity index (χ2n) is 5.43. The molecule has 17 heavy (non-hydrogen) atoms. The van der Waals surface area contributed by atoms with E-state index in [2.05, 4.69) is 37.2 Å². The molecule has 0 heterocycles. The smallest absolute Gasteiger partial charge is 0.0965 e. The summed E-state index contributed by atoms with van der Waals surface area (Å²) in [6, 6.07) is 3.09. The third-order valence-corrected chi connectivity index (χ3v) is 3.91. The van der Waals surface area contributed by atoms with Gasteiger partial charge in [0.25, 0.3) is 0 Å². The predicted molar refractivity (Wildman–Crippen MR) is 71.7 cm³/mol. The van der Waals surface area contributed by atoms with Gasteiger partial charge in [-0.05, 0) is 38.8 Å². The molecule has 1 rings (SSSR count). The highest BCUT2D eigenvalue weighted by Gasteiger charge is 2.22. The molecule has 3 heteroatoms. The van der Waals surface area contributed by atoms with E-state index in [1.54, 1.807) is 0 Å². The summed E-state index contributed by atoms with van der Waals surface area (Å²) in [4.78, 5) is 2.46. The van der Waals surface area contributed by atoms with E-state index in [1.165, 1.54) is 25.7 Å². The average Bonchev–Trinajstić information content (AvgIpc) is 2.34. The van der Waals surface area contributed by atoms with Crippen molar-refractivity contribution in [3.63, 3.8) is 0 Å². The highest BCUT2D eigenvalue weighted by atomic mass is 15.1. The molecular formula is C14H27N3. The van der Waals surface area contributed by atoms with Crippen molar-refractivity contribution in [2.24, 2.45) is 5.92 Å². The van der Waals surface area contributed by atoms with Crippen LogP contribution in [0.15, 0.2) is 0 Å². The molecule has 0 aromatic rings. The normalized spacial score (nSPS) is 26.8. The lowest BCUT2D eigenvalue weighted by molar-refractivity contribution is 0.160. The van der Waals surface area contributed by atoms with Crippen molar-refractivity contribution in [1.82, 2.24) is 10.2 Å². The van der Waals surface area contributed by atoms with Gasteiger partial charge in [0.05, 0.1) is 12.1 Å². The van der Waals surface area contributed by atoms with Crippen molar-refractivity contribution in [2.45, 2.75) is 58.0 Å². The van der Waals surface area contributed by atoms with Crippen molar-refractivity contribution in [2.75, 3.05) is 20.1 Å². The number of nitrogens with one attached hydrogen (secondary N) is 1. The van der Waals surface area contributed by atoms with E-state index in [4.69, 9.17) is 5.26 Å². The minimum Gasteiger partial charge on any atom is -0.303 e. The maximum Gasteiger partial charge on any atom is 0.0965 e. The Bertz CT molecular complexity index is 246. The van der Waals surface area contributed by atoms with Gasteiger partial charge in [-0.3, -0.25) is 0 Å². The molecule has 3 nitrogen and oxygen atoms in total. The van der Waals surface area contributed by atoms with Crippen LogP contribution in [0.2, 0.25) is 0 Å². The quantitative estimate of drug-likeness (QED) is 0.771. The summed E-state index contributed by atoms with van der Waals surface area (Å²) in [6.07, 6.45) is 6.35. The van der Waals surface area contributed by atoms with E-state index in [1.807, 2.05) is 0 Å². The Hall–Kier alpha value is -0.590. The van der Waals surface area contributed by atoms with Crippen LogP contribution in [0.1, 0.15) is 46.0 Å². The molecule has 1 saturated carbocycles. The fourth-order valence-corrected chi connectivity index (χ4v) is 2.78. The first-order chi connectivity index (χ1) is 8.17. The molecule has 0 spiro atoms. The van der Waals surface area contributed by atoms with Gasteiger partial charge in [-0.1, -0.05) is 26.7 Å². The predicted octanol–water partition coefficient (Wildman–Crippen LogP) is 2.39. The maximum absolute atomic E-state index is 8.99. The molecule has 0 radical (unpaired) electrons. The Morgan fingerprint density at radius 2 is 2.24 bits per heavy atom. The first-order valence-electron chi connectivity index (χ1n) is 7.00. The topological polar surface area (TPSA) is 39.1 Å². The molecule has 1 aliphatic carbocycles. The Morgan fingerprint density at radius 1 is 1.47 bits per heavy atom. The van der Waals surface area contributed by atoms with E-state index in [0.29, 0.717) is 0 Å². The number of hydrogen-bond donors (Lipinski definition) is 1.